The van der Waals surface area contributed by atoms with E-state index < -0.39 is 5.97 Å². The second kappa shape index (κ2) is 7.45. The standard InChI is InChI=1S/C17H20N2O3/c1-2-10-19(13-9-16(20)21)17(22)14-5-7-15(8-6-14)18-11-3-4-12-18/h3-8,11-12H,2,9-10,13H2,1H3,(H,20,21). The number of nitrogens with zero attached hydrogens (tertiary/aromatic N) is 2. The first-order valence-corrected chi connectivity index (χ1v) is 7.36. The smallest absolute Gasteiger partial charge is 0.305 e. The van der Waals surface area contributed by atoms with E-state index in [1.807, 2.05) is 48.1 Å². The maximum absolute atomic E-state index is 12.5. The minimum atomic E-state index is -0.892. The fourth-order valence-corrected chi connectivity index (χ4v) is 2.28. The summed E-state index contributed by atoms with van der Waals surface area (Å²) in [6.45, 7) is 2.77. The maximum Gasteiger partial charge on any atom is 0.305 e. The van der Waals surface area contributed by atoms with Gasteiger partial charge >= 0.3 is 5.97 Å². The van der Waals surface area contributed by atoms with Crippen LogP contribution in [0.1, 0.15) is 30.1 Å². The summed E-state index contributed by atoms with van der Waals surface area (Å²) in [5, 5.41) is 8.78. The molecule has 1 N–H and O–H groups in total. The highest BCUT2D eigenvalue weighted by Crippen LogP contribution is 2.12. The summed E-state index contributed by atoms with van der Waals surface area (Å²) in [4.78, 5) is 24.8. The summed E-state index contributed by atoms with van der Waals surface area (Å²) in [6, 6.07) is 11.2. The van der Waals surface area contributed by atoms with Crippen LogP contribution >= 0.6 is 0 Å². The Balaban J connectivity index is 2.10. The Hall–Kier alpha value is -2.56. The molecule has 5 heteroatoms. The molecule has 2 rings (SSSR count). The zero-order valence-corrected chi connectivity index (χ0v) is 12.6. The van der Waals surface area contributed by atoms with Gasteiger partial charge in [0.1, 0.15) is 0 Å². The van der Waals surface area contributed by atoms with Crippen LogP contribution in [-0.4, -0.2) is 39.5 Å². The lowest BCUT2D eigenvalue weighted by atomic mass is 10.1. The van der Waals surface area contributed by atoms with E-state index in [9.17, 15) is 9.59 Å². The molecule has 0 saturated heterocycles. The van der Waals surface area contributed by atoms with Gasteiger partial charge in [-0.25, -0.2) is 0 Å². The maximum atomic E-state index is 12.5. The number of aliphatic carboxylic acids is 1. The highest BCUT2D eigenvalue weighted by Gasteiger charge is 2.16. The first-order chi connectivity index (χ1) is 10.6. The van der Waals surface area contributed by atoms with Crippen LogP contribution in [0.4, 0.5) is 0 Å². The van der Waals surface area contributed by atoms with Gasteiger partial charge in [0.05, 0.1) is 6.42 Å². The third-order valence-corrected chi connectivity index (χ3v) is 3.39. The van der Waals surface area contributed by atoms with Gasteiger partial charge in [0.2, 0.25) is 0 Å². The van der Waals surface area contributed by atoms with Crippen molar-refractivity contribution in [3.63, 3.8) is 0 Å². The molecule has 0 aliphatic carbocycles. The molecule has 1 aromatic carbocycles. The summed E-state index contributed by atoms with van der Waals surface area (Å²) in [7, 11) is 0. The van der Waals surface area contributed by atoms with Gasteiger partial charge < -0.3 is 14.6 Å². The molecule has 0 unspecified atom stereocenters. The number of carboxylic acid groups (broad SMARTS) is 1. The largest absolute Gasteiger partial charge is 0.481 e. The molecule has 1 heterocycles. The van der Waals surface area contributed by atoms with E-state index in [0.29, 0.717) is 12.1 Å². The van der Waals surface area contributed by atoms with Crippen LogP contribution in [0.2, 0.25) is 0 Å². The van der Waals surface area contributed by atoms with Crippen molar-refractivity contribution in [3.05, 3.63) is 54.4 Å². The summed E-state index contributed by atoms with van der Waals surface area (Å²) in [6.07, 6.45) is 4.64. The average molecular weight is 300 g/mol. The predicted octanol–water partition coefficient (Wildman–Crippen LogP) is 2.80. The van der Waals surface area contributed by atoms with Gasteiger partial charge in [-0.3, -0.25) is 9.59 Å². The summed E-state index contributed by atoms with van der Waals surface area (Å²) < 4.78 is 1.96. The molecule has 1 aromatic heterocycles. The molecule has 0 aliphatic heterocycles. The number of carbonyl (C=O) groups excluding carboxylic acids is 1. The lowest BCUT2D eigenvalue weighted by Crippen LogP contribution is -2.33. The summed E-state index contributed by atoms with van der Waals surface area (Å²) in [5.74, 6) is -1.01. The quantitative estimate of drug-likeness (QED) is 0.855. The second-order valence-corrected chi connectivity index (χ2v) is 5.07. The second-order valence-electron chi connectivity index (χ2n) is 5.07. The van der Waals surface area contributed by atoms with Gasteiger partial charge in [-0.05, 0) is 42.8 Å². The average Bonchev–Trinajstić information content (AvgIpc) is 3.05. The number of hydrogen-bond donors (Lipinski definition) is 1. The summed E-state index contributed by atoms with van der Waals surface area (Å²) >= 11 is 0. The first-order valence-electron chi connectivity index (χ1n) is 7.36. The number of benzene rings is 1. The van der Waals surface area contributed by atoms with Gasteiger partial charge in [0, 0.05) is 36.7 Å². The molecule has 0 spiro atoms. The van der Waals surface area contributed by atoms with Gasteiger partial charge in [-0.15, -0.1) is 0 Å². The van der Waals surface area contributed by atoms with Crippen molar-refractivity contribution in [2.24, 2.45) is 0 Å². The first kappa shape index (κ1) is 15.8. The van der Waals surface area contributed by atoms with E-state index in [-0.39, 0.29) is 18.9 Å². The van der Waals surface area contributed by atoms with Crippen LogP contribution in [0.3, 0.4) is 0 Å². The van der Waals surface area contributed by atoms with Crippen LogP contribution in [0.25, 0.3) is 5.69 Å². The lowest BCUT2D eigenvalue weighted by molar-refractivity contribution is -0.137. The van der Waals surface area contributed by atoms with Crippen molar-refractivity contribution >= 4 is 11.9 Å². The molecule has 22 heavy (non-hydrogen) atoms. The zero-order chi connectivity index (χ0) is 15.9. The number of aromatic nitrogens is 1. The molecule has 5 nitrogen and oxygen atoms in total. The zero-order valence-electron chi connectivity index (χ0n) is 12.6. The Morgan fingerprint density at radius 3 is 2.27 bits per heavy atom. The molecule has 0 radical (unpaired) electrons. The van der Waals surface area contributed by atoms with Gasteiger partial charge in [-0.2, -0.15) is 0 Å². The van der Waals surface area contributed by atoms with E-state index in [0.717, 1.165) is 12.1 Å². The molecule has 1 amide bonds. The van der Waals surface area contributed by atoms with Crippen molar-refractivity contribution in [1.29, 1.82) is 0 Å². The fourth-order valence-electron chi connectivity index (χ4n) is 2.28. The van der Waals surface area contributed by atoms with Crippen molar-refractivity contribution in [1.82, 2.24) is 9.47 Å². The molecule has 0 fully saturated rings. The Morgan fingerprint density at radius 2 is 1.73 bits per heavy atom. The van der Waals surface area contributed by atoms with Gasteiger partial charge in [-0.1, -0.05) is 6.92 Å². The van der Waals surface area contributed by atoms with Crippen LogP contribution in [-0.2, 0) is 4.79 Å². The van der Waals surface area contributed by atoms with Crippen LogP contribution < -0.4 is 0 Å². The van der Waals surface area contributed by atoms with E-state index in [1.165, 1.54) is 0 Å². The van der Waals surface area contributed by atoms with Gasteiger partial charge in [0.25, 0.3) is 5.91 Å². The van der Waals surface area contributed by atoms with Crippen molar-refractivity contribution < 1.29 is 14.7 Å². The van der Waals surface area contributed by atoms with Crippen LogP contribution in [0.5, 0.6) is 0 Å². The monoisotopic (exact) mass is 300 g/mol. The highest BCUT2D eigenvalue weighted by molar-refractivity contribution is 5.94. The predicted molar refractivity (Wildman–Crippen MR) is 84.2 cm³/mol. The minimum Gasteiger partial charge on any atom is -0.481 e. The van der Waals surface area contributed by atoms with E-state index in [4.69, 9.17) is 5.11 Å². The molecule has 0 bridgehead atoms. The van der Waals surface area contributed by atoms with E-state index in [1.54, 1.807) is 17.0 Å². The van der Waals surface area contributed by atoms with Crippen LogP contribution in [0, 0.1) is 0 Å². The molecule has 0 saturated carbocycles. The van der Waals surface area contributed by atoms with E-state index in [2.05, 4.69) is 0 Å². The number of amides is 1. The number of rotatable bonds is 7. The van der Waals surface area contributed by atoms with Crippen molar-refractivity contribution in [2.45, 2.75) is 19.8 Å². The normalized spacial score (nSPS) is 10.4. The topological polar surface area (TPSA) is 62.5 Å². The Labute approximate surface area is 129 Å². The van der Waals surface area contributed by atoms with Crippen molar-refractivity contribution in [3.8, 4) is 5.69 Å². The molecule has 0 aliphatic rings. The molecule has 0 atom stereocenters. The third-order valence-electron chi connectivity index (χ3n) is 3.39. The SMILES string of the molecule is CCCN(CCC(=O)O)C(=O)c1ccc(-n2cccc2)cc1. The Kier molecular flexibility index (Phi) is 5.36. The molecular formula is C17H20N2O3. The highest BCUT2D eigenvalue weighted by atomic mass is 16.4. The molecule has 116 valence electrons. The number of carbonyl (C=O) groups is 2. The summed E-state index contributed by atoms with van der Waals surface area (Å²) in [5.41, 5.74) is 1.56. The Morgan fingerprint density at radius 1 is 1.09 bits per heavy atom. The molecular weight excluding hydrogens is 280 g/mol. The third kappa shape index (κ3) is 3.97. The van der Waals surface area contributed by atoms with Gasteiger partial charge in [0.15, 0.2) is 0 Å². The lowest BCUT2D eigenvalue weighted by Gasteiger charge is -2.21. The van der Waals surface area contributed by atoms with E-state index >= 15 is 0 Å². The Bertz CT molecular complexity index is 618. The minimum absolute atomic E-state index is 0.0345. The fraction of sp³-hybridized carbons (Fsp3) is 0.294. The van der Waals surface area contributed by atoms with Crippen LogP contribution in [0.15, 0.2) is 48.8 Å². The molecule has 2 aromatic rings. The number of carboxylic acids is 1. The van der Waals surface area contributed by atoms with Crippen molar-refractivity contribution in [2.75, 3.05) is 13.1 Å². The number of hydrogen-bond acceptors (Lipinski definition) is 2.